The Kier molecular flexibility index (Phi) is 4.95. The first-order valence-electron chi connectivity index (χ1n) is 5.33. The van der Waals surface area contributed by atoms with Gasteiger partial charge in [-0.1, -0.05) is 0 Å². The maximum atomic E-state index is 12.0. The summed E-state index contributed by atoms with van der Waals surface area (Å²) >= 11 is 0. The van der Waals surface area contributed by atoms with E-state index >= 15 is 0 Å². The number of anilines is 1. The second-order valence-corrected chi connectivity index (χ2v) is 5.33. The molecule has 19 heavy (non-hydrogen) atoms. The van der Waals surface area contributed by atoms with E-state index in [1.807, 2.05) is 0 Å². The second-order valence-electron chi connectivity index (χ2n) is 3.60. The number of nitrogens with one attached hydrogen (secondary N) is 2. The molecule has 0 heterocycles. The molecule has 0 aromatic heterocycles. The Balaban J connectivity index is 2.82. The van der Waals surface area contributed by atoms with Gasteiger partial charge in [-0.2, -0.15) is 0 Å². The molecule has 8 nitrogen and oxygen atoms in total. The number of nitrogens with two attached hydrogens (primary N) is 2. The third-order valence-electron chi connectivity index (χ3n) is 2.19. The van der Waals surface area contributed by atoms with E-state index in [2.05, 4.69) is 10.0 Å². The lowest BCUT2D eigenvalue weighted by molar-refractivity contribution is 0.249. The largest absolute Gasteiger partial charge is 0.495 e. The molecule has 9 heteroatoms. The van der Waals surface area contributed by atoms with E-state index < -0.39 is 16.1 Å². The third kappa shape index (κ3) is 4.30. The lowest BCUT2D eigenvalue weighted by Crippen LogP contribution is -2.37. The minimum Gasteiger partial charge on any atom is -0.495 e. The number of ether oxygens (including phenoxy) is 1. The standard InChI is InChI=1S/C10H16N4O4S/c1-18-8-3-2-7(11)6-9(8)19(16,17)14-5-4-13-10(12)15/h2-3,6,14H,4-5,11H2,1H3,(H3,12,13,15). The van der Waals surface area contributed by atoms with Crippen LogP contribution in [0.5, 0.6) is 5.75 Å². The predicted octanol–water partition coefficient (Wildman–Crippen LogP) is -0.776. The first-order valence-corrected chi connectivity index (χ1v) is 6.81. The quantitative estimate of drug-likeness (QED) is 0.402. The highest BCUT2D eigenvalue weighted by atomic mass is 32.2. The average molecular weight is 288 g/mol. The molecule has 0 aliphatic carbocycles. The number of urea groups is 1. The molecule has 106 valence electrons. The highest BCUT2D eigenvalue weighted by molar-refractivity contribution is 7.89. The summed E-state index contributed by atoms with van der Waals surface area (Å²) < 4.78 is 31.3. The molecule has 0 aliphatic rings. The molecule has 1 aromatic rings. The zero-order valence-corrected chi connectivity index (χ0v) is 11.2. The van der Waals surface area contributed by atoms with Crippen molar-refractivity contribution in [2.24, 2.45) is 5.73 Å². The summed E-state index contributed by atoms with van der Waals surface area (Å²) in [6, 6.07) is 3.57. The van der Waals surface area contributed by atoms with E-state index in [9.17, 15) is 13.2 Å². The summed E-state index contributed by atoms with van der Waals surface area (Å²) in [6.07, 6.45) is 0. The Morgan fingerprint density at radius 1 is 1.37 bits per heavy atom. The Morgan fingerprint density at radius 2 is 2.05 bits per heavy atom. The van der Waals surface area contributed by atoms with Gasteiger partial charge >= 0.3 is 6.03 Å². The van der Waals surface area contributed by atoms with E-state index in [-0.39, 0.29) is 23.7 Å². The number of carbonyl (C=O) groups is 1. The van der Waals surface area contributed by atoms with Crippen LogP contribution in [0.25, 0.3) is 0 Å². The van der Waals surface area contributed by atoms with Crippen LogP contribution in [0.15, 0.2) is 23.1 Å². The summed E-state index contributed by atoms with van der Waals surface area (Å²) in [7, 11) is -2.41. The molecule has 6 N–H and O–H groups in total. The molecule has 0 fully saturated rings. The van der Waals surface area contributed by atoms with E-state index in [4.69, 9.17) is 16.2 Å². The number of benzene rings is 1. The number of nitrogen functional groups attached to an aromatic ring is 1. The van der Waals surface area contributed by atoms with Crippen LogP contribution >= 0.6 is 0 Å². The highest BCUT2D eigenvalue weighted by Crippen LogP contribution is 2.25. The second kappa shape index (κ2) is 6.25. The molecule has 1 rings (SSSR count). The van der Waals surface area contributed by atoms with Gasteiger partial charge in [0, 0.05) is 18.8 Å². The lowest BCUT2D eigenvalue weighted by Gasteiger charge is -2.11. The lowest BCUT2D eigenvalue weighted by atomic mass is 10.3. The zero-order chi connectivity index (χ0) is 14.5. The van der Waals surface area contributed by atoms with Gasteiger partial charge in [-0.15, -0.1) is 0 Å². The maximum absolute atomic E-state index is 12.0. The van der Waals surface area contributed by atoms with Crippen LogP contribution in [0.2, 0.25) is 0 Å². The van der Waals surface area contributed by atoms with Crippen molar-refractivity contribution in [2.75, 3.05) is 25.9 Å². The van der Waals surface area contributed by atoms with Crippen LogP contribution in [0.3, 0.4) is 0 Å². The van der Waals surface area contributed by atoms with Gasteiger partial charge in [-0.25, -0.2) is 17.9 Å². The van der Waals surface area contributed by atoms with Gasteiger partial charge in [0.1, 0.15) is 10.6 Å². The first kappa shape index (κ1) is 15.1. The van der Waals surface area contributed by atoms with Crippen LogP contribution in [0.4, 0.5) is 10.5 Å². The van der Waals surface area contributed by atoms with Crippen molar-refractivity contribution >= 4 is 21.7 Å². The number of rotatable bonds is 6. The van der Waals surface area contributed by atoms with Crippen molar-refractivity contribution in [2.45, 2.75) is 4.90 Å². The van der Waals surface area contributed by atoms with Gasteiger partial charge in [0.05, 0.1) is 7.11 Å². The normalized spacial score (nSPS) is 11.0. The van der Waals surface area contributed by atoms with Crippen LogP contribution < -0.4 is 26.2 Å². The Labute approximate surface area is 111 Å². The topological polar surface area (TPSA) is 137 Å². The van der Waals surface area contributed by atoms with Crippen LogP contribution in [-0.2, 0) is 10.0 Å². The van der Waals surface area contributed by atoms with Crippen LogP contribution in [0.1, 0.15) is 0 Å². The molecule has 1 aromatic carbocycles. The summed E-state index contributed by atoms with van der Waals surface area (Å²) in [5, 5.41) is 2.27. The molecule has 0 bridgehead atoms. The van der Waals surface area contributed by atoms with Crippen molar-refractivity contribution in [1.82, 2.24) is 10.0 Å². The average Bonchev–Trinajstić information content (AvgIpc) is 2.34. The Morgan fingerprint density at radius 3 is 2.63 bits per heavy atom. The maximum Gasteiger partial charge on any atom is 0.312 e. The fourth-order valence-corrected chi connectivity index (χ4v) is 2.59. The van der Waals surface area contributed by atoms with E-state index in [0.29, 0.717) is 5.69 Å². The van der Waals surface area contributed by atoms with Gasteiger partial charge in [0.2, 0.25) is 10.0 Å². The summed E-state index contributed by atoms with van der Waals surface area (Å²) in [5.41, 5.74) is 10.7. The number of primary amides is 1. The van der Waals surface area contributed by atoms with Crippen molar-refractivity contribution < 1.29 is 17.9 Å². The molecule has 2 amide bonds. The van der Waals surface area contributed by atoms with Gasteiger partial charge in [-0.05, 0) is 18.2 Å². The van der Waals surface area contributed by atoms with Gasteiger partial charge in [-0.3, -0.25) is 0 Å². The van der Waals surface area contributed by atoms with Gasteiger partial charge in [0.25, 0.3) is 0 Å². The molecule has 0 spiro atoms. The molecule has 0 saturated heterocycles. The molecule has 0 atom stereocenters. The zero-order valence-electron chi connectivity index (χ0n) is 10.3. The Hall–Kier alpha value is -2.00. The minimum atomic E-state index is -3.77. The van der Waals surface area contributed by atoms with E-state index in [1.165, 1.54) is 25.3 Å². The number of hydrogen-bond acceptors (Lipinski definition) is 5. The number of carbonyl (C=O) groups excluding carboxylic acids is 1. The van der Waals surface area contributed by atoms with Crippen molar-refractivity contribution in [3.8, 4) is 5.75 Å². The smallest absolute Gasteiger partial charge is 0.312 e. The third-order valence-corrected chi connectivity index (χ3v) is 3.68. The van der Waals surface area contributed by atoms with E-state index in [1.54, 1.807) is 0 Å². The fraction of sp³-hybridized carbons (Fsp3) is 0.300. The summed E-state index contributed by atoms with van der Waals surface area (Å²) in [5.74, 6) is 0.185. The predicted molar refractivity (Wildman–Crippen MR) is 70.2 cm³/mol. The number of methoxy groups -OCH3 is 1. The van der Waals surface area contributed by atoms with Crippen LogP contribution in [-0.4, -0.2) is 34.6 Å². The fourth-order valence-electron chi connectivity index (χ4n) is 1.35. The van der Waals surface area contributed by atoms with Crippen molar-refractivity contribution in [3.63, 3.8) is 0 Å². The molecule has 0 saturated carbocycles. The Bertz CT molecular complexity index is 559. The number of hydrogen-bond donors (Lipinski definition) is 4. The highest BCUT2D eigenvalue weighted by Gasteiger charge is 2.19. The number of sulfonamides is 1. The van der Waals surface area contributed by atoms with Gasteiger partial charge < -0.3 is 21.5 Å². The molecule has 0 aliphatic heterocycles. The molecule has 0 radical (unpaired) electrons. The minimum absolute atomic E-state index is 0.00320. The summed E-state index contributed by atoms with van der Waals surface area (Å²) in [6.45, 7) is 0.0857. The monoisotopic (exact) mass is 288 g/mol. The number of amides is 2. The van der Waals surface area contributed by atoms with Gasteiger partial charge in [0.15, 0.2) is 0 Å². The molecule has 0 unspecified atom stereocenters. The van der Waals surface area contributed by atoms with Crippen molar-refractivity contribution in [1.29, 1.82) is 0 Å². The first-order chi connectivity index (χ1) is 8.86. The summed E-state index contributed by atoms with van der Waals surface area (Å²) in [4.78, 5) is 10.4. The van der Waals surface area contributed by atoms with Crippen molar-refractivity contribution in [3.05, 3.63) is 18.2 Å². The molecular formula is C10H16N4O4S. The van der Waals surface area contributed by atoms with E-state index in [0.717, 1.165) is 0 Å². The SMILES string of the molecule is COc1ccc(N)cc1S(=O)(=O)NCCNC(N)=O. The molecular weight excluding hydrogens is 272 g/mol. The van der Waals surface area contributed by atoms with Crippen LogP contribution in [0, 0.1) is 0 Å².